The predicted molar refractivity (Wildman–Crippen MR) is 95.3 cm³/mol. The normalized spacial score (nSPS) is 21.2. The fraction of sp³-hybridized carbons (Fsp3) is 0.471. The molecule has 1 fully saturated rings. The maximum absolute atomic E-state index is 13.0. The molecule has 1 aliphatic heterocycles. The molecule has 0 saturated carbocycles. The van der Waals surface area contributed by atoms with E-state index in [1.807, 2.05) is 43.7 Å². The molecule has 24 heavy (non-hydrogen) atoms. The van der Waals surface area contributed by atoms with Crippen LogP contribution in [-0.2, 0) is 15.0 Å². The number of nitrogens with zero attached hydrogens (tertiary/aromatic N) is 2. The van der Waals surface area contributed by atoms with Crippen molar-refractivity contribution in [2.75, 3.05) is 13.1 Å². The van der Waals surface area contributed by atoms with Gasteiger partial charge in [-0.3, -0.25) is 9.59 Å². The van der Waals surface area contributed by atoms with E-state index in [1.54, 1.807) is 16.2 Å². The van der Waals surface area contributed by atoms with E-state index in [-0.39, 0.29) is 18.4 Å². The molecule has 3 rings (SSSR count). The maximum Gasteiger partial charge on any atom is 0.308 e. The first kappa shape index (κ1) is 17.1. The Morgan fingerprint density at radius 3 is 2.67 bits per heavy atom. The number of hydrogen-bond donors (Lipinski definition) is 1. The van der Waals surface area contributed by atoms with Crippen molar-refractivity contribution in [1.29, 1.82) is 0 Å². The lowest BCUT2D eigenvalue weighted by molar-refractivity contribution is -0.142. The van der Waals surface area contributed by atoms with E-state index in [2.05, 4.69) is 4.98 Å². The van der Waals surface area contributed by atoms with Gasteiger partial charge in [0.15, 0.2) is 0 Å². The van der Waals surface area contributed by atoms with Crippen molar-refractivity contribution in [3.63, 3.8) is 0 Å². The number of hydrogen-bond acceptors (Lipinski definition) is 5. The zero-order valence-corrected chi connectivity index (χ0v) is 15.5. The highest BCUT2D eigenvalue weighted by Crippen LogP contribution is 2.35. The highest BCUT2D eigenvalue weighted by Gasteiger charge is 2.43. The van der Waals surface area contributed by atoms with Crippen LogP contribution in [0.2, 0.25) is 0 Å². The number of carbonyl (C=O) groups excluding carboxylic acids is 1. The topological polar surface area (TPSA) is 70.5 Å². The second-order valence-electron chi connectivity index (χ2n) is 6.77. The summed E-state index contributed by atoms with van der Waals surface area (Å²) in [4.78, 5) is 31.7. The maximum atomic E-state index is 13.0. The monoisotopic (exact) mass is 364 g/mol. The summed E-state index contributed by atoms with van der Waals surface area (Å²) in [6, 6.07) is 4.00. The van der Waals surface area contributed by atoms with Crippen LogP contribution in [0.4, 0.5) is 0 Å². The van der Waals surface area contributed by atoms with Crippen LogP contribution in [0.3, 0.4) is 0 Å². The number of carboxylic acids is 1. The molecule has 2 aromatic rings. The van der Waals surface area contributed by atoms with Gasteiger partial charge in [-0.1, -0.05) is 13.0 Å². The molecule has 0 bridgehead atoms. The second kappa shape index (κ2) is 6.29. The number of aliphatic carboxylic acids is 1. The van der Waals surface area contributed by atoms with E-state index >= 15 is 0 Å². The molecule has 0 radical (unpaired) electrons. The van der Waals surface area contributed by atoms with Gasteiger partial charge in [-0.25, -0.2) is 4.98 Å². The molecule has 1 saturated heterocycles. The molecule has 128 valence electrons. The first-order chi connectivity index (χ1) is 11.3. The standard InChI is InChI=1S/C17H20N2O3S2/c1-10-7-19(8-11(10)15(20)21)16(22)17(2,3)13-9-24-14(18-13)12-5-4-6-23-12/h4-6,9-11H,7-8H2,1-3H3,(H,20,21)/t10-,11-/m1/s1. The van der Waals surface area contributed by atoms with Crippen molar-refractivity contribution in [3.8, 4) is 9.88 Å². The molecule has 7 heteroatoms. The molecule has 0 spiro atoms. The highest BCUT2D eigenvalue weighted by atomic mass is 32.1. The molecule has 1 N–H and O–H groups in total. The first-order valence-corrected chi connectivity index (χ1v) is 9.58. The van der Waals surface area contributed by atoms with Gasteiger partial charge in [-0.15, -0.1) is 22.7 Å². The highest BCUT2D eigenvalue weighted by molar-refractivity contribution is 7.20. The quantitative estimate of drug-likeness (QED) is 0.903. The van der Waals surface area contributed by atoms with Crippen molar-refractivity contribution in [2.45, 2.75) is 26.2 Å². The summed E-state index contributed by atoms with van der Waals surface area (Å²) in [6.45, 7) is 6.38. The van der Waals surface area contributed by atoms with Crippen LogP contribution in [0, 0.1) is 11.8 Å². The number of thiazole rings is 1. The summed E-state index contributed by atoms with van der Waals surface area (Å²) in [6.07, 6.45) is 0. The molecule has 3 heterocycles. The molecular formula is C17H20N2O3S2. The van der Waals surface area contributed by atoms with E-state index in [0.29, 0.717) is 6.54 Å². The number of likely N-dealkylation sites (tertiary alicyclic amines) is 1. The van der Waals surface area contributed by atoms with Gasteiger partial charge in [-0.05, 0) is 31.2 Å². The van der Waals surface area contributed by atoms with Gasteiger partial charge in [-0.2, -0.15) is 0 Å². The summed E-state index contributed by atoms with van der Waals surface area (Å²) in [7, 11) is 0. The molecule has 2 aromatic heterocycles. The Balaban J connectivity index is 1.80. The predicted octanol–water partition coefficient (Wildman–Crippen LogP) is 3.33. The number of carbonyl (C=O) groups is 2. The Hall–Kier alpha value is -1.73. The third kappa shape index (κ3) is 2.98. The largest absolute Gasteiger partial charge is 0.481 e. The van der Waals surface area contributed by atoms with Crippen LogP contribution in [0.25, 0.3) is 9.88 Å². The minimum Gasteiger partial charge on any atom is -0.481 e. The van der Waals surface area contributed by atoms with Crippen LogP contribution in [0.15, 0.2) is 22.9 Å². The summed E-state index contributed by atoms with van der Waals surface area (Å²) >= 11 is 3.16. The van der Waals surface area contributed by atoms with Gasteiger partial charge in [0, 0.05) is 18.5 Å². The van der Waals surface area contributed by atoms with Crippen LogP contribution in [-0.4, -0.2) is 40.0 Å². The van der Waals surface area contributed by atoms with Crippen molar-refractivity contribution >= 4 is 34.6 Å². The van der Waals surface area contributed by atoms with Gasteiger partial charge < -0.3 is 10.0 Å². The van der Waals surface area contributed by atoms with E-state index in [9.17, 15) is 14.7 Å². The Morgan fingerprint density at radius 2 is 2.08 bits per heavy atom. The third-order valence-corrected chi connectivity index (χ3v) is 6.51. The number of thiophene rings is 1. The van der Waals surface area contributed by atoms with Crippen molar-refractivity contribution in [2.24, 2.45) is 11.8 Å². The zero-order valence-electron chi connectivity index (χ0n) is 13.9. The SMILES string of the molecule is C[C@@H]1CN(C(=O)C(C)(C)c2csc(-c3cccs3)n2)C[C@H]1C(=O)O. The first-order valence-electron chi connectivity index (χ1n) is 7.82. The lowest BCUT2D eigenvalue weighted by Crippen LogP contribution is -2.43. The Kier molecular flexibility index (Phi) is 4.48. The Morgan fingerprint density at radius 1 is 1.33 bits per heavy atom. The lowest BCUT2D eigenvalue weighted by atomic mass is 9.88. The van der Waals surface area contributed by atoms with Gasteiger partial charge in [0.25, 0.3) is 0 Å². The molecule has 1 aliphatic rings. The van der Waals surface area contributed by atoms with E-state index in [4.69, 9.17) is 0 Å². The minimum absolute atomic E-state index is 0.0284. The van der Waals surface area contributed by atoms with Gasteiger partial charge in [0.1, 0.15) is 5.01 Å². The fourth-order valence-electron chi connectivity index (χ4n) is 3.03. The fourth-order valence-corrected chi connectivity index (χ4v) is 4.84. The molecule has 2 atom stereocenters. The average molecular weight is 364 g/mol. The molecule has 1 amide bonds. The van der Waals surface area contributed by atoms with E-state index < -0.39 is 17.3 Å². The van der Waals surface area contributed by atoms with Crippen LogP contribution >= 0.6 is 22.7 Å². The lowest BCUT2D eigenvalue weighted by Gasteiger charge is -2.28. The van der Waals surface area contributed by atoms with Crippen LogP contribution in [0.5, 0.6) is 0 Å². The van der Waals surface area contributed by atoms with Gasteiger partial charge in [0.2, 0.25) is 5.91 Å². The number of rotatable bonds is 4. The Labute approximate surface area is 149 Å². The van der Waals surface area contributed by atoms with E-state index in [0.717, 1.165) is 15.6 Å². The number of amides is 1. The van der Waals surface area contributed by atoms with Crippen LogP contribution < -0.4 is 0 Å². The molecule has 0 aromatic carbocycles. The number of carboxylic acid groups (broad SMARTS) is 1. The molecule has 0 aliphatic carbocycles. The smallest absolute Gasteiger partial charge is 0.308 e. The van der Waals surface area contributed by atoms with Gasteiger partial charge >= 0.3 is 5.97 Å². The number of aromatic nitrogens is 1. The zero-order chi connectivity index (χ0) is 17.5. The molecule has 0 unspecified atom stereocenters. The Bertz CT molecular complexity index is 752. The van der Waals surface area contributed by atoms with Crippen LogP contribution in [0.1, 0.15) is 26.5 Å². The summed E-state index contributed by atoms with van der Waals surface area (Å²) in [5, 5.41) is 14.1. The van der Waals surface area contributed by atoms with Crippen molar-refractivity contribution in [1.82, 2.24) is 9.88 Å². The van der Waals surface area contributed by atoms with Crippen molar-refractivity contribution < 1.29 is 14.7 Å². The second-order valence-corrected chi connectivity index (χ2v) is 8.58. The van der Waals surface area contributed by atoms with Gasteiger partial charge in [0.05, 0.1) is 21.9 Å². The summed E-state index contributed by atoms with van der Waals surface area (Å²) in [5.74, 6) is -1.40. The molecule has 5 nitrogen and oxygen atoms in total. The average Bonchev–Trinajstić information content (AvgIpc) is 3.25. The summed E-state index contributed by atoms with van der Waals surface area (Å²) < 4.78 is 0. The minimum atomic E-state index is -0.829. The third-order valence-electron chi connectivity index (χ3n) is 4.63. The summed E-state index contributed by atoms with van der Waals surface area (Å²) in [5.41, 5.74) is -0.0219. The van der Waals surface area contributed by atoms with Crippen molar-refractivity contribution in [3.05, 3.63) is 28.6 Å². The van der Waals surface area contributed by atoms with E-state index in [1.165, 1.54) is 11.3 Å². The molecular weight excluding hydrogens is 344 g/mol.